The fourth-order valence-corrected chi connectivity index (χ4v) is 4.42. The Hall–Kier alpha value is -3.06. The number of allylic oxidation sites excluding steroid dienone is 2. The lowest BCUT2D eigenvalue weighted by Crippen LogP contribution is -2.37. The van der Waals surface area contributed by atoms with E-state index in [2.05, 4.69) is 10.6 Å². The van der Waals surface area contributed by atoms with Crippen molar-refractivity contribution in [3.63, 3.8) is 0 Å². The van der Waals surface area contributed by atoms with Gasteiger partial charge in [0.2, 0.25) is 5.78 Å². The predicted molar refractivity (Wildman–Crippen MR) is 107 cm³/mol. The highest BCUT2D eigenvalue weighted by molar-refractivity contribution is 8.04. The smallest absolute Gasteiger partial charge is 0.292 e. The molecule has 0 bridgehead atoms. The topological polar surface area (TPSA) is 84.5 Å². The van der Waals surface area contributed by atoms with Crippen LogP contribution in [0.15, 0.2) is 64.0 Å². The number of rotatable bonds is 4. The van der Waals surface area contributed by atoms with Crippen LogP contribution in [0.4, 0.5) is 11.4 Å². The largest absolute Gasteiger partial charge is 0.497 e. The Kier molecular flexibility index (Phi) is 4.92. The highest BCUT2D eigenvalue weighted by atomic mass is 32.2. The highest BCUT2D eigenvalue weighted by Gasteiger charge is 2.39. The van der Waals surface area contributed by atoms with E-state index >= 15 is 0 Å². The molecule has 0 saturated carbocycles. The van der Waals surface area contributed by atoms with Gasteiger partial charge in [0.05, 0.1) is 23.6 Å². The molecule has 0 aromatic heterocycles. The molecule has 2 aliphatic rings. The number of carbonyl (C=O) groups excluding carboxylic acids is 3. The minimum Gasteiger partial charge on any atom is -0.497 e. The van der Waals surface area contributed by atoms with Gasteiger partial charge < -0.3 is 15.4 Å². The first-order valence-electron chi connectivity index (χ1n) is 8.87. The summed E-state index contributed by atoms with van der Waals surface area (Å²) in [6, 6.07) is 14.4. The molecule has 2 aromatic carbocycles. The summed E-state index contributed by atoms with van der Waals surface area (Å²) in [6.45, 7) is 0. The van der Waals surface area contributed by atoms with Gasteiger partial charge in [-0.25, -0.2) is 0 Å². The number of Topliss-reactive ketones (excluding diaryl/α,β-unsaturated/α-hetero) is 2. The van der Waals surface area contributed by atoms with E-state index in [4.69, 9.17) is 4.74 Å². The van der Waals surface area contributed by atoms with Gasteiger partial charge in [-0.3, -0.25) is 14.4 Å². The molecule has 1 atom stereocenters. The van der Waals surface area contributed by atoms with Crippen LogP contribution >= 0.6 is 11.8 Å². The number of ether oxygens (including phenoxy) is 1. The second kappa shape index (κ2) is 7.52. The molecular weight excluding hydrogens is 376 g/mol. The highest BCUT2D eigenvalue weighted by Crippen LogP contribution is 2.44. The maximum atomic E-state index is 12.9. The van der Waals surface area contributed by atoms with Crippen molar-refractivity contribution < 1.29 is 19.1 Å². The molecule has 28 heavy (non-hydrogen) atoms. The molecule has 2 aromatic rings. The summed E-state index contributed by atoms with van der Waals surface area (Å²) in [4.78, 5) is 39.5. The average Bonchev–Trinajstić information content (AvgIpc) is 2.72. The van der Waals surface area contributed by atoms with Crippen LogP contribution in [0.5, 0.6) is 5.75 Å². The second-order valence-corrected chi connectivity index (χ2v) is 7.59. The number of ketones is 2. The predicted octanol–water partition coefficient (Wildman–Crippen LogP) is 3.61. The van der Waals surface area contributed by atoms with Gasteiger partial charge in [0.25, 0.3) is 5.91 Å². The molecule has 4 rings (SSSR count). The van der Waals surface area contributed by atoms with E-state index in [-0.39, 0.29) is 5.78 Å². The van der Waals surface area contributed by atoms with E-state index in [0.29, 0.717) is 29.2 Å². The van der Waals surface area contributed by atoms with Crippen molar-refractivity contribution >= 4 is 40.6 Å². The number of carbonyl (C=O) groups is 3. The van der Waals surface area contributed by atoms with Crippen LogP contribution in [0.1, 0.15) is 12.8 Å². The van der Waals surface area contributed by atoms with E-state index in [9.17, 15) is 14.4 Å². The van der Waals surface area contributed by atoms with Gasteiger partial charge in [-0.15, -0.1) is 0 Å². The first-order valence-corrected chi connectivity index (χ1v) is 9.69. The van der Waals surface area contributed by atoms with E-state index < -0.39 is 17.6 Å². The van der Waals surface area contributed by atoms with Gasteiger partial charge in [-0.2, -0.15) is 0 Å². The van der Waals surface area contributed by atoms with Crippen LogP contribution in [-0.4, -0.2) is 24.6 Å². The number of amides is 1. The summed E-state index contributed by atoms with van der Waals surface area (Å²) in [7, 11) is 1.52. The molecule has 0 radical (unpaired) electrons. The average molecular weight is 394 g/mol. The summed E-state index contributed by atoms with van der Waals surface area (Å²) in [6.07, 6.45) is 0.864. The zero-order chi connectivity index (χ0) is 19.7. The van der Waals surface area contributed by atoms with E-state index in [1.165, 1.54) is 18.9 Å². The summed E-state index contributed by atoms with van der Waals surface area (Å²) >= 11 is 1.36. The quantitative estimate of drug-likeness (QED) is 0.609. The Bertz CT molecular complexity index is 1010. The maximum absolute atomic E-state index is 12.9. The van der Waals surface area contributed by atoms with E-state index in [1.807, 2.05) is 24.3 Å². The molecule has 0 fully saturated rings. The number of methoxy groups -OCH3 is 1. The van der Waals surface area contributed by atoms with Gasteiger partial charge >= 0.3 is 0 Å². The number of para-hydroxylation sites is 1. The monoisotopic (exact) mass is 394 g/mol. The SMILES string of the molecule is COc1cccc(NC(=O)C(=O)[C@H]2CCC3=C(Sc4ccccc4N3)C2=O)c1. The number of nitrogens with one attached hydrogen (secondary N) is 2. The zero-order valence-corrected chi connectivity index (χ0v) is 16.0. The first kappa shape index (κ1) is 18.3. The number of hydrogen-bond donors (Lipinski definition) is 2. The van der Waals surface area contributed by atoms with Crippen molar-refractivity contribution in [3.8, 4) is 5.75 Å². The Balaban J connectivity index is 1.49. The lowest BCUT2D eigenvalue weighted by molar-refractivity contribution is -0.140. The summed E-state index contributed by atoms with van der Waals surface area (Å²) < 4.78 is 5.11. The molecule has 7 heteroatoms. The normalized spacial score (nSPS) is 17.9. The molecule has 1 heterocycles. The lowest BCUT2D eigenvalue weighted by atomic mass is 9.87. The van der Waals surface area contributed by atoms with Crippen molar-refractivity contribution in [1.29, 1.82) is 0 Å². The second-order valence-electron chi connectivity index (χ2n) is 6.54. The molecule has 0 saturated heterocycles. The minimum absolute atomic E-state index is 0.293. The van der Waals surface area contributed by atoms with Crippen molar-refractivity contribution in [2.24, 2.45) is 5.92 Å². The van der Waals surface area contributed by atoms with Gasteiger partial charge in [-0.05, 0) is 37.1 Å². The molecule has 1 amide bonds. The molecule has 2 N–H and O–H groups in total. The Morgan fingerprint density at radius 1 is 1.18 bits per heavy atom. The number of benzene rings is 2. The molecule has 1 aliphatic heterocycles. The van der Waals surface area contributed by atoms with Crippen molar-refractivity contribution in [1.82, 2.24) is 0 Å². The minimum atomic E-state index is -0.955. The molecule has 0 spiro atoms. The number of anilines is 2. The summed E-state index contributed by atoms with van der Waals surface area (Å²) in [5.74, 6) is -2.18. The Morgan fingerprint density at radius 2 is 2.00 bits per heavy atom. The van der Waals surface area contributed by atoms with E-state index in [1.54, 1.807) is 24.3 Å². The van der Waals surface area contributed by atoms with Crippen LogP contribution in [-0.2, 0) is 14.4 Å². The molecule has 142 valence electrons. The summed E-state index contributed by atoms with van der Waals surface area (Å²) in [5.41, 5.74) is 2.23. The van der Waals surface area contributed by atoms with Crippen LogP contribution < -0.4 is 15.4 Å². The third-order valence-corrected chi connectivity index (χ3v) is 5.98. The number of hydrogen-bond acceptors (Lipinski definition) is 6. The van der Waals surface area contributed by atoms with Crippen molar-refractivity contribution in [2.75, 3.05) is 17.7 Å². The fraction of sp³-hybridized carbons (Fsp3) is 0.190. The third-order valence-electron chi connectivity index (χ3n) is 4.75. The zero-order valence-electron chi connectivity index (χ0n) is 15.2. The van der Waals surface area contributed by atoms with E-state index in [0.717, 1.165) is 16.3 Å². The van der Waals surface area contributed by atoms with Gasteiger partial charge in [0, 0.05) is 22.3 Å². The van der Waals surface area contributed by atoms with Gasteiger partial charge in [-0.1, -0.05) is 30.0 Å². The lowest BCUT2D eigenvalue weighted by Gasteiger charge is -2.29. The number of thioether (sulfide) groups is 1. The maximum Gasteiger partial charge on any atom is 0.292 e. The van der Waals surface area contributed by atoms with Crippen LogP contribution in [0, 0.1) is 5.92 Å². The Morgan fingerprint density at radius 3 is 2.82 bits per heavy atom. The van der Waals surface area contributed by atoms with Crippen molar-refractivity contribution in [3.05, 3.63) is 59.1 Å². The van der Waals surface area contributed by atoms with Gasteiger partial charge in [0.15, 0.2) is 5.78 Å². The van der Waals surface area contributed by atoms with Gasteiger partial charge in [0.1, 0.15) is 5.75 Å². The molecule has 1 aliphatic carbocycles. The van der Waals surface area contributed by atoms with Crippen LogP contribution in [0.2, 0.25) is 0 Å². The van der Waals surface area contributed by atoms with Crippen LogP contribution in [0.25, 0.3) is 0 Å². The summed E-state index contributed by atoms with van der Waals surface area (Å²) in [5, 5.41) is 5.85. The van der Waals surface area contributed by atoms with Crippen molar-refractivity contribution in [2.45, 2.75) is 17.7 Å². The standard InChI is InChI=1S/C21H18N2O4S/c1-27-13-6-4-5-12(11-13)22-21(26)19(25)14-9-10-16-20(18(14)24)28-17-8-3-2-7-15(17)23-16/h2-8,11,14,23H,9-10H2,1H3,(H,22,26)/t14-/m0/s1. The third kappa shape index (κ3) is 3.41. The fourth-order valence-electron chi connectivity index (χ4n) is 3.30. The number of fused-ring (bicyclic) bond motifs is 1. The molecule has 0 unspecified atom stereocenters. The molecule has 6 nitrogen and oxygen atoms in total. The first-order chi connectivity index (χ1) is 13.6. The Labute approximate surface area is 166 Å². The molecular formula is C21H18N2O4S. The van der Waals surface area contributed by atoms with Crippen LogP contribution in [0.3, 0.4) is 0 Å².